The molecule has 1 aliphatic heterocycles. The van der Waals surface area contributed by atoms with Crippen molar-refractivity contribution < 1.29 is 18.4 Å². The Morgan fingerprint density at radius 3 is 2.60 bits per heavy atom. The number of carbonyl (C=O) groups excluding carboxylic acids is 1. The van der Waals surface area contributed by atoms with Crippen molar-refractivity contribution in [1.29, 1.82) is 0 Å². The van der Waals surface area contributed by atoms with Crippen molar-refractivity contribution in [1.82, 2.24) is 5.48 Å². The maximum absolute atomic E-state index is 12.8. The van der Waals surface area contributed by atoms with Gasteiger partial charge in [-0.25, -0.2) is 13.9 Å². The standard InChI is InChI=1S/C17H17N3O4S/c18-14-3-5-15(6-4-14)25(23,24)20-10-9-13-11-12(1-7-16(13)20)2-8-17(21)19-22/h1-8,11,22H,9-10,18H2,(H,19,21). The lowest BCUT2D eigenvalue weighted by molar-refractivity contribution is -0.124. The first-order valence-corrected chi connectivity index (χ1v) is 8.99. The molecule has 0 fully saturated rings. The predicted octanol–water partition coefficient (Wildman–Crippen LogP) is 1.54. The van der Waals surface area contributed by atoms with Gasteiger partial charge in [0.25, 0.3) is 15.9 Å². The second kappa shape index (κ2) is 6.58. The number of nitrogen functional groups attached to an aromatic ring is 1. The van der Waals surface area contributed by atoms with E-state index in [2.05, 4.69) is 0 Å². The number of rotatable bonds is 4. The van der Waals surface area contributed by atoms with Crippen LogP contribution in [0.3, 0.4) is 0 Å². The lowest BCUT2D eigenvalue weighted by Crippen LogP contribution is -2.29. The minimum Gasteiger partial charge on any atom is -0.399 e. The number of nitrogens with one attached hydrogen (secondary N) is 1. The average Bonchev–Trinajstić information content (AvgIpc) is 3.04. The van der Waals surface area contributed by atoms with Crippen LogP contribution in [0.25, 0.3) is 6.08 Å². The van der Waals surface area contributed by atoms with Crippen LogP contribution >= 0.6 is 0 Å². The van der Waals surface area contributed by atoms with Gasteiger partial charge in [0, 0.05) is 18.3 Å². The number of amides is 1. The summed E-state index contributed by atoms with van der Waals surface area (Å²) in [7, 11) is -3.65. The average molecular weight is 359 g/mol. The third kappa shape index (κ3) is 3.35. The van der Waals surface area contributed by atoms with E-state index in [1.807, 2.05) is 6.07 Å². The molecule has 4 N–H and O–H groups in total. The van der Waals surface area contributed by atoms with Gasteiger partial charge >= 0.3 is 0 Å². The van der Waals surface area contributed by atoms with Crippen molar-refractivity contribution in [2.75, 3.05) is 16.6 Å². The van der Waals surface area contributed by atoms with Crippen LogP contribution in [0.5, 0.6) is 0 Å². The molecule has 2 aromatic carbocycles. The summed E-state index contributed by atoms with van der Waals surface area (Å²) >= 11 is 0. The van der Waals surface area contributed by atoms with Gasteiger partial charge in [-0.05, 0) is 60.0 Å². The minimum atomic E-state index is -3.65. The van der Waals surface area contributed by atoms with Crippen LogP contribution in [0.15, 0.2) is 53.4 Å². The highest BCUT2D eigenvalue weighted by molar-refractivity contribution is 7.92. The van der Waals surface area contributed by atoms with Gasteiger partial charge in [-0.2, -0.15) is 0 Å². The number of hydrogen-bond acceptors (Lipinski definition) is 5. The second-order valence-corrected chi connectivity index (χ2v) is 7.46. The summed E-state index contributed by atoms with van der Waals surface area (Å²) in [5.74, 6) is -0.631. The van der Waals surface area contributed by atoms with E-state index in [-0.39, 0.29) is 4.90 Å². The molecule has 0 unspecified atom stereocenters. The highest BCUT2D eigenvalue weighted by Gasteiger charge is 2.30. The molecule has 25 heavy (non-hydrogen) atoms. The van der Waals surface area contributed by atoms with E-state index in [4.69, 9.17) is 10.9 Å². The second-order valence-electron chi connectivity index (χ2n) is 5.59. The van der Waals surface area contributed by atoms with E-state index >= 15 is 0 Å². The molecule has 0 aliphatic carbocycles. The Labute approximate surface area is 145 Å². The zero-order valence-corrected chi connectivity index (χ0v) is 14.0. The normalized spacial score (nSPS) is 13.9. The Kier molecular flexibility index (Phi) is 4.47. The third-order valence-electron chi connectivity index (χ3n) is 3.96. The zero-order valence-electron chi connectivity index (χ0n) is 13.2. The largest absolute Gasteiger partial charge is 0.399 e. The van der Waals surface area contributed by atoms with Crippen LogP contribution < -0.4 is 15.5 Å². The van der Waals surface area contributed by atoms with E-state index in [9.17, 15) is 13.2 Å². The number of sulfonamides is 1. The van der Waals surface area contributed by atoms with Gasteiger partial charge in [0.2, 0.25) is 0 Å². The molecule has 0 spiro atoms. The topological polar surface area (TPSA) is 113 Å². The zero-order chi connectivity index (χ0) is 18.0. The fourth-order valence-electron chi connectivity index (χ4n) is 2.72. The first kappa shape index (κ1) is 17.0. The minimum absolute atomic E-state index is 0.193. The van der Waals surface area contributed by atoms with Crippen molar-refractivity contribution >= 4 is 33.4 Å². The van der Waals surface area contributed by atoms with Gasteiger partial charge in [-0.15, -0.1) is 0 Å². The number of hydrogen-bond donors (Lipinski definition) is 3. The van der Waals surface area contributed by atoms with E-state index < -0.39 is 15.9 Å². The van der Waals surface area contributed by atoms with Crippen LogP contribution in [-0.4, -0.2) is 26.1 Å². The van der Waals surface area contributed by atoms with Gasteiger partial charge in [0.05, 0.1) is 10.6 Å². The lowest BCUT2D eigenvalue weighted by atomic mass is 10.1. The number of benzene rings is 2. The smallest absolute Gasteiger partial charge is 0.267 e. The molecule has 1 amide bonds. The summed E-state index contributed by atoms with van der Waals surface area (Å²) in [5, 5.41) is 8.49. The molecule has 130 valence electrons. The van der Waals surface area contributed by atoms with Gasteiger partial charge in [-0.1, -0.05) is 6.07 Å². The fraction of sp³-hybridized carbons (Fsp3) is 0.118. The molecule has 1 heterocycles. The van der Waals surface area contributed by atoms with E-state index in [0.717, 1.165) is 11.1 Å². The maximum atomic E-state index is 12.8. The van der Waals surface area contributed by atoms with Crippen LogP contribution in [0.2, 0.25) is 0 Å². The first-order chi connectivity index (χ1) is 11.9. The number of nitrogens with zero attached hydrogens (tertiary/aromatic N) is 1. The number of anilines is 2. The molecular weight excluding hydrogens is 342 g/mol. The summed E-state index contributed by atoms with van der Waals surface area (Å²) in [6.07, 6.45) is 3.32. The Morgan fingerprint density at radius 1 is 1.20 bits per heavy atom. The third-order valence-corrected chi connectivity index (χ3v) is 5.79. The molecule has 2 aromatic rings. The molecule has 0 saturated heterocycles. The highest BCUT2D eigenvalue weighted by atomic mass is 32.2. The molecule has 1 aliphatic rings. The Hall–Kier alpha value is -2.84. The quantitative estimate of drug-likeness (QED) is 0.332. The molecule has 0 saturated carbocycles. The fourth-order valence-corrected chi connectivity index (χ4v) is 4.22. The van der Waals surface area contributed by atoms with Gasteiger partial charge in [0.15, 0.2) is 0 Å². The molecule has 7 nitrogen and oxygen atoms in total. The summed E-state index contributed by atoms with van der Waals surface area (Å²) in [4.78, 5) is 11.2. The van der Waals surface area contributed by atoms with E-state index in [1.165, 1.54) is 28.0 Å². The van der Waals surface area contributed by atoms with Crippen molar-refractivity contribution in [2.45, 2.75) is 11.3 Å². The van der Waals surface area contributed by atoms with Gasteiger partial charge < -0.3 is 5.73 Å². The molecule has 0 atom stereocenters. The van der Waals surface area contributed by atoms with Crippen LogP contribution in [0, 0.1) is 0 Å². The number of fused-ring (bicyclic) bond motifs is 1. The summed E-state index contributed by atoms with van der Waals surface area (Å²) in [6, 6.07) is 11.4. The molecule has 0 bridgehead atoms. The summed E-state index contributed by atoms with van der Waals surface area (Å²) in [6.45, 7) is 0.354. The Morgan fingerprint density at radius 2 is 1.92 bits per heavy atom. The number of nitrogens with two attached hydrogens (primary N) is 1. The number of hydroxylamine groups is 1. The maximum Gasteiger partial charge on any atom is 0.267 e. The van der Waals surface area contributed by atoms with Crippen LogP contribution in [0.1, 0.15) is 11.1 Å². The Balaban J connectivity index is 1.90. The van der Waals surface area contributed by atoms with Crippen molar-refractivity contribution in [3.05, 3.63) is 59.7 Å². The number of carbonyl (C=O) groups is 1. The van der Waals surface area contributed by atoms with Crippen molar-refractivity contribution in [3.63, 3.8) is 0 Å². The van der Waals surface area contributed by atoms with Crippen molar-refractivity contribution in [3.8, 4) is 0 Å². The molecule has 0 radical (unpaired) electrons. The molecule has 8 heteroatoms. The van der Waals surface area contributed by atoms with Gasteiger partial charge in [-0.3, -0.25) is 14.3 Å². The van der Waals surface area contributed by atoms with E-state index in [1.54, 1.807) is 30.3 Å². The first-order valence-electron chi connectivity index (χ1n) is 7.55. The van der Waals surface area contributed by atoms with E-state index in [0.29, 0.717) is 24.3 Å². The van der Waals surface area contributed by atoms with Gasteiger partial charge in [0.1, 0.15) is 0 Å². The SMILES string of the molecule is Nc1ccc(S(=O)(=O)N2CCc3cc(C=CC(=O)NO)ccc32)cc1. The van der Waals surface area contributed by atoms with Crippen LogP contribution in [-0.2, 0) is 21.2 Å². The molecule has 0 aromatic heterocycles. The molecule has 3 rings (SSSR count). The summed E-state index contributed by atoms with van der Waals surface area (Å²) in [5.41, 5.74) is 9.89. The monoisotopic (exact) mass is 359 g/mol. The highest BCUT2D eigenvalue weighted by Crippen LogP contribution is 2.33. The Bertz CT molecular complexity index is 937. The van der Waals surface area contributed by atoms with Crippen molar-refractivity contribution in [2.24, 2.45) is 0 Å². The lowest BCUT2D eigenvalue weighted by Gasteiger charge is -2.19. The van der Waals surface area contributed by atoms with Crippen LogP contribution in [0.4, 0.5) is 11.4 Å². The molecular formula is C17H17N3O4S. The summed E-state index contributed by atoms with van der Waals surface area (Å²) < 4.78 is 27.1. The predicted molar refractivity (Wildman–Crippen MR) is 94.5 cm³/mol.